The summed E-state index contributed by atoms with van der Waals surface area (Å²) < 4.78 is 37.6. The zero-order valence-corrected chi connectivity index (χ0v) is 10.3. The SMILES string of the molecule is N[C@@H](CC(F)(F)F)c1c[nH]c2ccc(Br)cc12. The van der Waals surface area contributed by atoms with E-state index in [0.717, 1.165) is 15.4 Å². The third-order valence-electron chi connectivity index (χ3n) is 2.53. The largest absolute Gasteiger partial charge is 0.390 e. The van der Waals surface area contributed by atoms with Crippen molar-refractivity contribution in [2.45, 2.75) is 18.6 Å². The number of hydrogen-bond acceptors (Lipinski definition) is 1. The van der Waals surface area contributed by atoms with Crippen LogP contribution in [-0.2, 0) is 0 Å². The summed E-state index contributed by atoms with van der Waals surface area (Å²) in [5, 5.41) is 0.719. The van der Waals surface area contributed by atoms with Crippen LogP contribution in [0.25, 0.3) is 10.9 Å². The molecule has 6 heteroatoms. The molecule has 2 aromatic rings. The summed E-state index contributed by atoms with van der Waals surface area (Å²) in [6.07, 6.45) is -3.74. The second kappa shape index (κ2) is 4.34. The van der Waals surface area contributed by atoms with E-state index in [1.165, 1.54) is 6.20 Å². The highest BCUT2D eigenvalue weighted by atomic mass is 79.9. The van der Waals surface area contributed by atoms with Crippen molar-refractivity contribution in [3.05, 3.63) is 34.4 Å². The van der Waals surface area contributed by atoms with Crippen LogP contribution in [0.1, 0.15) is 18.0 Å². The molecule has 0 amide bonds. The maximum atomic E-state index is 12.3. The average Bonchev–Trinajstić information content (AvgIpc) is 2.57. The van der Waals surface area contributed by atoms with E-state index >= 15 is 0 Å². The van der Waals surface area contributed by atoms with E-state index in [1.807, 2.05) is 6.07 Å². The Morgan fingerprint density at radius 3 is 2.71 bits per heavy atom. The lowest BCUT2D eigenvalue weighted by Gasteiger charge is -2.13. The van der Waals surface area contributed by atoms with Crippen LogP contribution < -0.4 is 5.73 Å². The van der Waals surface area contributed by atoms with Crippen molar-refractivity contribution in [1.82, 2.24) is 4.98 Å². The van der Waals surface area contributed by atoms with Gasteiger partial charge in [-0.15, -0.1) is 0 Å². The van der Waals surface area contributed by atoms with Gasteiger partial charge in [0, 0.05) is 27.6 Å². The molecule has 0 aliphatic heterocycles. The Hall–Kier alpha value is -1.01. The third-order valence-corrected chi connectivity index (χ3v) is 3.02. The molecule has 0 saturated heterocycles. The normalized spacial score (nSPS) is 14.2. The molecule has 2 rings (SSSR count). The van der Waals surface area contributed by atoms with Gasteiger partial charge in [-0.25, -0.2) is 0 Å². The van der Waals surface area contributed by atoms with Crippen molar-refractivity contribution in [2.75, 3.05) is 0 Å². The number of alkyl halides is 3. The molecule has 2 nitrogen and oxygen atoms in total. The number of nitrogens with one attached hydrogen (secondary N) is 1. The van der Waals surface area contributed by atoms with Gasteiger partial charge in [0.05, 0.1) is 6.42 Å². The molecule has 17 heavy (non-hydrogen) atoms. The van der Waals surface area contributed by atoms with Gasteiger partial charge in [0.2, 0.25) is 0 Å². The Bertz CT molecular complexity index is 533. The van der Waals surface area contributed by atoms with Crippen LogP contribution in [0.4, 0.5) is 13.2 Å². The fraction of sp³-hybridized carbons (Fsp3) is 0.273. The summed E-state index contributed by atoms with van der Waals surface area (Å²) in [6, 6.07) is 4.33. The predicted octanol–water partition coefficient (Wildman–Crippen LogP) is 3.88. The maximum absolute atomic E-state index is 12.3. The fourth-order valence-electron chi connectivity index (χ4n) is 1.78. The first-order valence-corrected chi connectivity index (χ1v) is 5.75. The van der Waals surface area contributed by atoms with Crippen molar-refractivity contribution in [3.63, 3.8) is 0 Å². The molecule has 92 valence electrons. The molecule has 0 fully saturated rings. The topological polar surface area (TPSA) is 41.8 Å². The minimum absolute atomic E-state index is 0.485. The molecule has 1 heterocycles. The second-order valence-corrected chi connectivity index (χ2v) is 4.78. The summed E-state index contributed by atoms with van der Waals surface area (Å²) >= 11 is 3.28. The monoisotopic (exact) mass is 306 g/mol. The second-order valence-electron chi connectivity index (χ2n) is 3.86. The highest BCUT2D eigenvalue weighted by Gasteiger charge is 2.31. The van der Waals surface area contributed by atoms with Crippen molar-refractivity contribution >= 4 is 26.8 Å². The first kappa shape index (κ1) is 12.4. The molecule has 0 spiro atoms. The number of hydrogen-bond donors (Lipinski definition) is 2. The summed E-state index contributed by atoms with van der Waals surface area (Å²) in [5.74, 6) is 0. The predicted molar refractivity (Wildman–Crippen MR) is 63.6 cm³/mol. The Morgan fingerprint density at radius 2 is 2.06 bits per heavy atom. The average molecular weight is 307 g/mol. The van der Waals surface area contributed by atoms with Gasteiger partial charge in [0.1, 0.15) is 0 Å². The molecule has 1 aromatic heterocycles. The molecule has 0 radical (unpaired) electrons. The first-order chi connectivity index (χ1) is 7.87. The van der Waals surface area contributed by atoms with Crippen LogP contribution in [-0.4, -0.2) is 11.2 Å². The van der Waals surface area contributed by atoms with Crippen molar-refractivity contribution in [3.8, 4) is 0 Å². The summed E-state index contributed by atoms with van der Waals surface area (Å²) in [4.78, 5) is 2.91. The van der Waals surface area contributed by atoms with E-state index in [2.05, 4.69) is 20.9 Å². The lowest BCUT2D eigenvalue weighted by Crippen LogP contribution is -2.19. The molecule has 0 bridgehead atoms. The van der Waals surface area contributed by atoms with E-state index in [0.29, 0.717) is 5.56 Å². The Balaban J connectivity index is 2.38. The van der Waals surface area contributed by atoms with Crippen LogP contribution in [0.2, 0.25) is 0 Å². The molecule has 1 atom stereocenters. The summed E-state index contributed by atoms with van der Waals surface area (Å²) in [7, 11) is 0. The van der Waals surface area contributed by atoms with Crippen molar-refractivity contribution < 1.29 is 13.2 Å². The zero-order chi connectivity index (χ0) is 12.6. The van der Waals surface area contributed by atoms with Crippen LogP contribution in [0.15, 0.2) is 28.9 Å². The molecular formula is C11H10BrF3N2. The number of nitrogens with two attached hydrogens (primary N) is 1. The van der Waals surface area contributed by atoms with E-state index in [4.69, 9.17) is 5.73 Å². The maximum Gasteiger partial charge on any atom is 0.390 e. The minimum Gasteiger partial charge on any atom is -0.361 e. The van der Waals surface area contributed by atoms with E-state index in [1.54, 1.807) is 12.1 Å². The van der Waals surface area contributed by atoms with Gasteiger partial charge < -0.3 is 10.7 Å². The zero-order valence-electron chi connectivity index (χ0n) is 8.68. The van der Waals surface area contributed by atoms with E-state index in [9.17, 15) is 13.2 Å². The standard InChI is InChI=1S/C11H10BrF3N2/c12-6-1-2-10-7(3-6)8(5-17-10)9(16)4-11(13,14)15/h1-3,5,9,17H,4,16H2/t9-/m0/s1. The van der Waals surface area contributed by atoms with Crippen molar-refractivity contribution in [1.29, 1.82) is 0 Å². The Morgan fingerprint density at radius 1 is 1.35 bits per heavy atom. The van der Waals surface area contributed by atoms with Crippen LogP contribution in [0.5, 0.6) is 0 Å². The molecular weight excluding hydrogens is 297 g/mol. The number of aromatic nitrogens is 1. The molecule has 0 aliphatic carbocycles. The molecule has 0 saturated carbocycles. The van der Waals surface area contributed by atoms with E-state index in [-0.39, 0.29) is 0 Å². The van der Waals surface area contributed by atoms with E-state index < -0.39 is 18.6 Å². The van der Waals surface area contributed by atoms with Gasteiger partial charge in [0.25, 0.3) is 0 Å². The summed E-state index contributed by atoms with van der Waals surface area (Å²) in [6.45, 7) is 0. The highest BCUT2D eigenvalue weighted by Crippen LogP contribution is 2.32. The summed E-state index contributed by atoms with van der Waals surface area (Å²) in [5.41, 5.74) is 6.85. The number of halogens is 4. The number of fused-ring (bicyclic) bond motifs is 1. The molecule has 0 unspecified atom stereocenters. The lowest BCUT2D eigenvalue weighted by molar-refractivity contribution is -0.138. The first-order valence-electron chi connectivity index (χ1n) is 4.96. The van der Waals surface area contributed by atoms with Gasteiger partial charge in [0.15, 0.2) is 0 Å². The van der Waals surface area contributed by atoms with Gasteiger partial charge in [-0.3, -0.25) is 0 Å². The highest BCUT2D eigenvalue weighted by molar-refractivity contribution is 9.10. The fourth-order valence-corrected chi connectivity index (χ4v) is 2.14. The van der Waals surface area contributed by atoms with Crippen LogP contribution in [0.3, 0.4) is 0 Å². The van der Waals surface area contributed by atoms with Gasteiger partial charge in [-0.2, -0.15) is 13.2 Å². The number of benzene rings is 1. The Kier molecular flexibility index (Phi) is 3.18. The third kappa shape index (κ3) is 2.81. The minimum atomic E-state index is -4.25. The van der Waals surface area contributed by atoms with Gasteiger partial charge in [-0.05, 0) is 23.8 Å². The number of aromatic amines is 1. The molecule has 3 N–H and O–H groups in total. The Labute approximate surface area is 104 Å². The molecule has 0 aliphatic rings. The van der Waals surface area contributed by atoms with Crippen molar-refractivity contribution in [2.24, 2.45) is 5.73 Å². The molecule has 1 aromatic carbocycles. The number of rotatable bonds is 2. The van der Waals surface area contributed by atoms with Crippen LogP contribution in [0, 0.1) is 0 Å². The van der Waals surface area contributed by atoms with Gasteiger partial charge >= 0.3 is 6.18 Å². The van der Waals surface area contributed by atoms with Gasteiger partial charge in [-0.1, -0.05) is 15.9 Å². The quantitative estimate of drug-likeness (QED) is 0.868. The lowest BCUT2D eigenvalue weighted by atomic mass is 10.0. The van der Waals surface area contributed by atoms with Crippen LogP contribution >= 0.6 is 15.9 Å². The smallest absolute Gasteiger partial charge is 0.361 e. The number of H-pyrrole nitrogens is 1.